The van der Waals surface area contributed by atoms with Crippen molar-refractivity contribution in [3.63, 3.8) is 0 Å². The van der Waals surface area contributed by atoms with Gasteiger partial charge in [-0.3, -0.25) is 9.59 Å². The number of carbonyl (C=O) groups excluding carboxylic acids is 2. The minimum Gasteiger partial charge on any atom is -0.312 e. The van der Waals surface area contributed by atoms with Gasteiger partial charge in [-0.15, -0.1) is 10.2 Å². The Morgan fingerprint density at radius 1 is 1.15 bits per heavy atom. The van der Waals surface area contributed by atoms with Crippen LogP contribution >= 0.6 is 0 Å². The molecule has 7 nitrogen and oxygen atoms in total. The molecule has 2 heterocycles. The molecule has 1 aliphatic heterocycles. The molecule has 4 rings (SSSR count). The van der Waals surface area contributed by atoms with Crippen molar-refractivity contribution in [3.8, 4) is 11.4 Å². The largest absolute Gasteiger partial charge is 0.312 e. The van der Waals surface area contributed by atoms with Gasteiger partial charge in [0.2, 0.25) is 11.7 Å². The highest BCUT2D eigenvalue weighted by Crippen LogP contribution is 2.22. The van der Waals surface area contributed by atoms with E-state index < -0.39 is 5.82 Å². The molecule has 1 aliphatic rings. The first-order valence-corrected chi connectivity index (χ1v) is 8.57. The molecule has 1 aromatic heterocycles. The molecule has 1 amide bonds. The van der Waals surface area contributed by atoms with Crippen LogP contribution < -0.4 is 4.90 Å². The molecular weight excluding hydrogens is 349 g/mol. The lowest BCUT2D eigenvalue weighted by Gasteiger charge is -2.16. The summed E-state index contributed by atoms with van der Waals surface area (Å²) in [4.78, 5) is 27.3. The topological polar surface area (TPSA) is 81.0 Å². The Morgan fingerprint density at radius 3 is 2.78 bits per heavy atom. The number of hydrogen-bond acceptors (Lipinski definition) is 5. The monoisotopic (exact) mass is 365 g/mol. The summed E-state index contributed by atoms with van der Waals surface area (Å²) < 4.78 is 13.3. The lowest BCUT2D eigenvalue weighted by Crippen LogP contribution is -2.24. The van der Waals surface area contributed by atoms with Gasteiger partial charge in [0.15, 0.2) is 5.78 Å². The fourth-order valence-corrected chi connectivity index (χ4v) is 3.04. The number of halogens is 1. The van der Waals surface area contributed by atoms with Crippen LogP contribution in [0.5, 0.6) is 0 Å². The molecule has 0 spiro atoms. The molecule has 27 heavy (non-hydrogen) atoms. The van der Waals surface area contributed by atoms with Gasteiger partial charge < -0.3 is 4.90 Å². The molecule has 1 fully saturated rings. The standard InChI is InChI=1S/C19H16FN5O2/c20-15-6-1-5-14(10-15)19-21-23-25(22-19)12-17(26)13-4-2-7-16(11-13)24-9-3-8-18(24)27/h1-2,4-7,10-11H,3,8-9,12H2. The minimum atomic E-state index is -0.395. The van der Waals surface area contributed by atoms with Gasteiger partial charge in [-0.05, 0) is 35.9 Å². The second-order valence-electron chi connectivity index (χ2n) is 6.28. The molecule has 0 atom stereocenters. The smallest absolute Gasteiger partial charge is 0.227 e. The van der Waals surface area contributed by atoms with E-state index in [1.807, 2.05) is 6.07 Å². The number of Topliss-reactive ketones (excluding diaryl/α,β-unsaturated/α-hetero) is 1. The van der Waals surface area contributed by atoms with E-state index in [1.165, 1.54) is 16.9 Å². The van der Waals surface area contributed by atoms with Gasteiger partial charge in [0, 0.05) is 29.8 Å². The number of tetrazole rings is 1. The second-order valence-corrected chi connectivity index (χ2v) is 6.28. The highest BCUT2D eigenvalue weighted by Gasteiger charge is 2.22. The first kappa shape index (κ1) is 17.0. The average molecular weight is 365 g/mol. The SMILES string of the molecule is O=C(Cn1nnc(-c2cccc(F)c2)n1)c1cccc(N2CCCC2=O)c1. The number of amides is 1. The van der Waals surface area contributed by atoms with Gasteiger partial charge in [0.05, 0.1) is 0 Å². The maximum atomic E-state index is 13.3. The van der Waals surface area contributed by atoms with Crippen molar-refractivity contribution in [2.24, 2.45) is 0 Å². The van der Waals surface area contributed by atoms with Crippen LogP contribution in [0.2, 0.25) is 0 Å². The Morgan fingerprint density at radius 2 is 2.00 bits per heavy atom. The Kier molecular flexibility index (Phi) is 4.45. The van der Waals surface area contributed by atoms with Crippen LogP contribution in [0.3, 0.4) is 0 Å². The zero-order chi connectivity index (χ0) is 18.8. The van der Waals surface area contributed by atoms with E-state index in [0.717, 1.165) is 12.1 Å². The molecule has 0 N–H and O–H groups in total. The van der Waals surface area contributed by atoms with Crippen molar-refractivity contribution in [2.75, 3.05) is 11.4 Å². The van der Waals surface area contributed by atoms with Crippen molar-refractivity contribution < 1.29 is 14.0 Å². The van der Waals surface area contributed by atoms with Crippen LogP contribution in [0.4, 0.5) is 10.1 Å². The summed E-state index contributed by atoms with van der Waals surface area (Å²) in [6.07, 6.45) is 1.35. The van der Waals surface area contributed by atoms with E-state index in [4.69, 9.17) is 0 Å². The van der Waals surface area contributed by atoms with Gasteiger partial charge in [-0.2, -0.15) is 4.80 Å². The Labute approximate surface area is 154 Å². The maximum Gasteiger partial charge on any atom is 0.227 e. The van der Waals surface area contributed by atoms with E-state index >= 15 is 0 Å². The molecule has 2 aromatic carbocycles. The first-order valence-electron chi connectivity index (χ1n) is 8.57. The van der Waals surface area contributed by atoms with E-state index in [2.05, 4.69) is 15.4 Å². The van der Waals surface area contributed by atoms with Crippen LogP contribution in [0.15, 0.2) is 48.5 Å². The van der Waals surface area contributed by atoms with Gasteiger partial charge >= 0.3 is 0 Å². The second kappa shape index (κ2) is 7.06. The van der Waals surface area contributed by atoms with Gasteiger partial charge in [-0.25, -0.2) is 4.39 Å². The zero-order valence-corrected chi connectivity index (χ0v) is 14.4. The average Bonchev–Trinajstić information content (AvgIpc) is 3.31. The summed E-state index contributed by atoms with van der Waals surface area (Å²) in [7, 11) is 0. The molecule has 0 radical (unpaired) electrons. The van der Waals surface area contributed by atoms with Gasteiger partial charge in [0.25, 0.3) is 0 Å². The number of nitrogens with zero attached hydrogens (tertiary/aromatic N) is 5. The number of aromatic nitrogens is 4. The van der Waals surface area contributed by atoms with Crippen LogP contribution in [0.25, 0.3) is 11.4 Å². The molecular formula is C19H16FN5O2. The van der Waals surface area contributed by atoms with Gasteiger partial charge in [0.1, 0.15) is 12.4 Å². The number of hydrogen-bond donors (Lipinski definition) is 0. The molecule has 0 aliphatic carbocycles. The van der Waals surface area contributed by atoms with E-state index in [9.17, 15) is 14.0 Å². The predicted molar refractivity (Wildman–Crippen MR) is 95.6 cm³/mol. The summed E-state index contributed by atoms with van der Waals surface area (Å²) in [5.41, 5.74) is 1.68. The maximum absolute atomic E-state index is 13.3. The number of ketones is 1. The normalized spacial score (nSPS) is 14.0. The Bertz CT molecular complexity index is 1020. The predicted octanol–water partition coefficient (Wildman–Crippen LogP) is 2.49. The van der Waals surface area contributed by atoms with Crippen LogP contribution in [-0.2, 0) is 11.3 Å². The third kappa shape index (κ3) is 3.59. The fourth-order valence-electron chi connectivity index (χ4n) is 3.04. The molecule has 8 heteroatoms. The minimum absolute atomic E-state index is 0.0669. The molecule has 1 saturated heterocycles. The number of anilines is 1. The quantitative estimate of drug-likeness (QED) is 0.649. The summed E-state index contributed by atoms with van der Waals surface area (Å²) >= 11 is 0. The lowest BCUT2D eigenvalue weighted by atomic mass is 10.1. The zero-order valence-electron chi connectivity index (χ0n) is 14.4. The summed E-state index contributed by atoms with van der Waals surface area (Å²) in [5.74, 6) is -0.282. The summed E-state index contributed by atoms with van der Waals surface area (Å²) in [5, 5.41) is 11.9. The van der Waals surface area contributed by atoms with Crippen LogP contribution in [-0.4, -0.2) is 38.4 Å². The van der Waals surface area contributed by atoms with Crippen molar-refractivity contribution >= 4 is 17.4 Å². The molecule has 0 bridgehead atoms. The molecule has 0 saturated carbocycles. The van der Waals surface area contributed by atoms with Crippen molar-refractivity contribution in [1.82, 2.24) is 20.2 Å². The number of carbonyl (C=O) groups is 2. The first-order chi connectivity index (χ1) is 13.1. The lowest BCUT2D eigenvalue weighted by molar-refractivity contribution is -0.117. The van der Waals surface area contributed by atoms with E-state index in [0.29, 0.717) is 24.1 Å². The third-order valence-electron chi connectivity index (χ3n) is 4.37. The molecule has 3 aromatic rings. The number of rotatable bonds is 5. The van der Waals surface area contributed by atoms with E-state index in [-0.39, 0.29) is 24.1 Å². The van der Waals surface area contributed by atoms with Crippen LogP contribution in [0.1, 0.15) is 23.2 Å². The molecule has 136 valence electrons. The highest BCUT2D eigenvalue weighted by atomic mass is 19.1. The summed E-state index contributed by atoms with van der Waals surface area (Å²) in [6, 6.07) is 12.8. The summed E-state index contributed by atoms with van der Waals surface area (Å²) in [6.45, 7) is 0.567. The Balaban J connectivity index is 1.51. The van der Waals surface area contributed by atoms with Crippen molar-refractivity contribution in [1.29, 1.82) is 0 Å². The van der Waals surface area contributed by atoms with Crippen molar-refractivity contribution in [2.45, 2.75) is 19.4 Å². The van der Waals surface area contributed by atoms with Gasteiger partial charge in [-0.1, -0.05) is 24.3 Å². The van der Waals surface area contributed by atoms with Crippen molar-refractivity contribution in [3.05, 3.63) is 59.9 Å². The number of benzene rings is 2. The van der Waals surface area contributed by atoms with Crippen LogP contribution in [0, 0.1) is 5.82 Å². The molecule has 0 unspecified atom stereocenters. The highest BCUT2D eigenvalue weighted by molar-refractivity contribution is 5.99. The third-order valence-corrected chi connectivity index (χ3v) is 4.37. The van der Waals surface area contributed by atoms with E-state index in [1.54, 1.807) is 35.2 Å². The Hall–Kier alpha value is -3.42. The fraction of sp³-hybridized carbons (Fsp3) is 0.211.